The van der Waals surface area contributed by atoms with Crippen LogP contribution in [0.2, 0.25) is 0 Å². The van der Waals surface area contributed by atoms with E-state index in [1.807, 2.05) is 0 Å². The van der Waals surface area contributed by atoms with Crippen LogP contribution in [-0.2, 0) is 12.4 Å². The number of aromatic nitrogens is 1. The van der Waals surface area contributed by atoms with Crippen LogP contribution >= 0.6 is 22.9 Å². The van der Waals surface area contributed by atoms with Crippen molar-refractivity contribution in [2.45, 2.75) is 39.6 Å². The molecule has 0 saturated carbocycles. The van der Waals surface area contributed by atoms with E-state index in [4.69, 9.17) is 11.6 Å². The lowest BCUT2D eigenvalue weighted by molar-refractivity contribution is 0.237. The maximum atomic E-state index is 5.75. The number of nitrogens with zero attached hydrogens (tertiary/aromatic N) is 2. The smallest absolute Gasteiger partial charge is 0.107 e. The molecule has 1 aromatic rings. The number of rotatable bonds is 7. The largest absolute Gasteiger partial charge is 0.297 e. The van der Waals surface area contributed by atoms with Gasteiger partial charge in [0.05, 0.1) is 18.1 Å². The fourth-order valence-corrected chi connectivity index (χ4v) is 2.61. The summed E-state index contributed by atoms with van der Waals surface area (Å²) in [6.45, 7) is 9.95. The summed E-state index contributed by atoms with van der Waals surface area (Å²) in [5.74, 6) is 1.28. The number of alkyl halides is 1. The topological polar surface area (TPSA) is 16.1 Å². The predicted octanol–water partition coefficient (Wildman–Crippen LogP) is 3.75. The Hall–Kier alpha value is -0.120. The molecule has 0 bridgehead atoms. The first-order valence-electron chi connectivity index (χ1n) is 5.91. The maximum Gasteiger partial charge on any atom is 0.107 e. The summed E-state index contributed by atoms with van der Waals surface area (Å²) in [6.07, 6.45) is 1.24. The van der Waals surface area contributed by atoms with Gasteiger partial charge in [-0.05, 0) is 12.5 Å². The summed E-state index contributed by atoms with van der Waals surface area (Å²) in [7, 11) is 0. The van der Waals surface area contributed by atoms with Gasteiger partial charge in [-0.1, -0.05) is 27.2 Å². The third-order valence-corrected chi connectivity index (χ3v) is 3.97. The molecule has 0 amide bonds. The second kappa shape index (κ2) is 7.25. The number of hydrogen-bond acceptors (Lipinski definition) is 3. The van der Waals surface area contributed by atoms with Gasteiger partial charge in [0.25, 0.3) is 0 Å². The highest BCUT2D eigenvalue weighted by molar-refractivity contribution is 7.09. The van der Waals surface area contributed by atoms with Crippen molar-refractivity contribution in [1.82, 2.24) is 9.88 Å². The lowest BCUT2D eigenvalue weighted by Gasteiger charge is -2.22. The van der Waals surface area contributed by atoms with Crippen LogP contribution in [0, 0.1) is 5.92 Å². The van der Waals surface area contributed by atoms with Crippen molar-refractivity contribution in [2.24, 2.45) is 5.92 Å². The quantitative estimate of drug-likeness (QED) is 0.694. The second-order valence-electron chi connectivity index (χ2n) is 4.21. The minimum Gasteiger partial charge on any atom is -0.297 e. The molecule has 0 aliphatic rings. The van der Waals surface area contributed by atoms with Gasteiger partial charge in [0.1, 0.15) is 5.01 Å². The van der Waals surface area contributed by atoms with Gasteiger partial charge in [0.15, 0.2) is 0 Å². The van der Waals surface area contributed by atoms with Crippen molar-refractivity contribution in [2.75, 3.05) is 13.1 Å². The zero-order valence-corrected chi connectivity index (χ0v) is 11.9. The molecule has 1 rings (SSSR count). The molecular weight excluding hydrogens is 240 g/mol. The van der Waals surface area contributed by atoms with E-state index in [0.29, 0.717) is 5.88 Å². The number of hydrogen-bond donors (Lipinski definition) is 0. The van der Waals surface area contributed by atoms with E-state index in [0.717, 1.165) is 31.2 Å². The van der Waals surface area contributed by atoms with E-state index in [1.54, 1.807) is 11.3 Å². The van der Waals surface area contributed by atoms with Crippen molar-refractivity contribution in [3.8, 4) is 0 Å². The van der Waals surface area contributed by atoms with Crippen LogP contribution in [0.1, 0.15) is 37.9 Å². The third kappa shape index (κ3) is 4.40. The van der Waals surface area contributed by atoms with E-state index in [9.17, 15) is 0 Å². The van der Waals surface area contributed by atoms with E-state index >= 15 is 0 Å². The SMILES string of the molecule is CCC(C)CN(CC)Cc1nc(CCl)cs1. The van der Waals surface area contributed by atoms with Crippen LogP contribution in [-0.4, -0.2) is 23.0 Å². The molecule has 0 aliphatic heterocycles. The fourth-order valence-electron chi connectivity index (χ4n) is 1.55. The number of halogens is 1. The van der Waals surface area contributed by atoms with Crippen LogP contribution < -0.4 is 0 Å². The molecular formula is C12H21ClN2S. The zero-order chi connectivity index (χ0) is 12.0. The Morgan fingerprint density at radius 1 is 1.50 bits per heavy atom. The third-order valence-electron chi connectivity index (χ3n) is 2.81. The first-order chi connectivity index (χ1) is 7.69. The Kier molecular flexibility index (Phi) is 6.32. The molecule has 1 unspecified atom stereocenters. The Labute approximate surface area is 108 Å². The van der Waals surface area contributed by atoms with Gasteiger partial charge in [0, 0.05) is 11.9 Å². The molecule has 1 aromatic heterocycles. The highest BCUT2D eigenvalue weighted by Crippen LogP contribution is 2.15. The normalized spacial score (nSPS) is 13.3. The standard InChI is InChI=1S/C12H21ClN2S/c1-4-10(3)7-15(5-2)8-12-14-11(6-13)9-16-12/h9-10H,4-8H2,1-3H3. The van der Waals surface area contributed by atoms with Gasteiger partial charge in [-0.2, -0.15) is 0 Å². The Morgan fingerprint density at radius 2 is 2.25 bits per heavy atom. The van der Waals surface area contributed by atoms with Gasteiger partial charge in [-0.15, -0.1) is 22.9 Å². The highest BCUT2D eigenvalue weighted by Gasteiger charge is 2.10. The van der Waals surface area contributed by atoms with Crippen LogP contribution in [0.3, 0.4) is 0 Å². The summed E-state index contributed by atoms with van der Waals surface area (Å²) >= 11 is 7.46. The zero-order valence-electron chi connectivity index (χ0n) is 10.4. The van der Waals surface area contributed by atoms with Gasteiger partial charge >= 0.3 is 0 Å². The van der Waals surface area contributed by atoms with Crippen molar-refractivity contribution in [3.05, 3.63) is 16.1 Å². The molecule has 0 aliphatic carbocycles. The van der Waals surface area contributed by atoms with E-state index in [-0.39, 0.29) is 0 Å². The monoisotopic (exact) mass is 260 g/mol. The van der Waals surface area contributed by atoms with Crippen molar-refractivity contribution in [1.29, 1.82) is 0 Å². The molecule has 1 atom stereocenters. The average molecular weight is 261 g/mol. The molecule has 0 aromatic carbocycles. The van der Waals surface area contributed by atoms with Crippen LogP contribution in [0.5, 0.6) is 0 Å². The summed E-state index contributed by atoms with van der Waals surface area (Å²) < 4.78 is 0. The molecule has 92 valence electrons. The minimum atomic E-state index is 0.522. The Morgan fingerprint density at radius 3 is 2.75 bits per heavy atom. The highest BCUT2D eigenvalue weighted by atomic mass is 35.5. The summed E-state index contributed by atoms with van der Waals surface area (Å²) in [5.41, 5.74) is 1.00. The Bertz CT molecular complexity index is 301. The molecule has 16 heavy (non-hydrogen) atoms. The first-order valence-corrected chi connectivity index (χ1v) is 7.32. The lowest BCUT2D eigenvalue weighted by Crippen LogP contribution is -2.27. The van der Waals surface area contributed by atoms with Gasteiger partial charge in [-0.25, -0.2) is 4.98 Å². The number of thiazole rings is 1. The minimum absolute atomic E-state index is 0.522. The second-order valence-corrected chi connectivity index (χ2v) is 5.42. The van der Waals surface area contributed by atoms with Gasteiger partial charge < -0.3 is 0 Å². The summed E-state index contributed by atoms with van der Waals surface area (Å²) in [4.78, 5) is 6.94. The Balaban J connectivity index is 2.49. The molecule has 4 heteroatoms. The van der Waals surface area contributed by atoms with Crippen molar-refractivity contribution in [3.63, 3.8) is 0 Å². The van der Waals surface area contributed by atoms with Gasteiger partial charge in [-0.3, -0.25) is 4.90 Å². The van der Waals surface area contributed by atoms with Gasteiger partial charge in [0.2, 0.25) is 0 Å². The van der Waals surface area contributed by atoms with E-state index in [1.165, 1.54) is 11.4 Å². The van der Waals surface area contributed by atoms with E-state index in [2.05, 4.69) is 36.0 Å². The van der Waals surface area contributed by atoms with Crippen molar-refractivity contribution < 1.29 is 0 Å². The lowest BCUT2D eigenvalue weighted by atomic mass is 10.1. The molecule has 0 fully saturated rings. The average Bonchev–Trinajstić information content (AvgIpc) is 2.75. The molecule has 2 nitrogen and oxygen atoms in total. The molecule has 1 heterocycles. The van der Waals surface area contributed by atoms with Crippen LogP contribution in [0.15, 0.2) is 5.38 Å². The van der Waals surface area contributed by atoms with Crippen LogP contribution in [0.4, 0.5) is 0 Å². The first kappa shape index (κ1) is 13.9. The summed E-state index contributed by atoms with van der Waals surface area (Å²) in [5, 5.41) is 3.24. The summed E-state index contributed by atoms with van der Waals surface area (Å²) in [6, 6.07) is 0. The van der Waals surface area contributed by atoms with Crippen molar-refractivity contribution >= 4 is 22.9 Å². The molecule has 0 saturated heterocycles. The van der Waals surface area contributed by atoms with Crippen LogP contribution in [0.25, 0.3) is 0 Å². The predicted molar refractivity (Wildman–Crippen MR) is 72.1 cm³/mol. The molecule has 0 radical (unpaired) electrons. The molecule has 0 spiro atoms. The maximum absolute atomic E-state index is 5.75. The van der Waals surface area contributed by atoms with E-state index < -0.39 is 0 Å². The molecule has 0 N–H and O–H groups in total. The fraction of sp³-hybridized carbons (Fsp3) is 0.750.